The predicted octanol–water partition coefficient (Wildman–Crippen LogP) is 2.42. The van der Waals surface area contributed by atoms with E-state index in [1.807, 2.05) is 11.8 Å². The molecule has 9 nitrogen and oxygen atoms in total. The molecule has 0 radical (unpaired) electrons. The molecule has 1 aromatic heterocycles. The zero-order valence-electron chi connectivity index (χ0n) is 18.4. The maximum atomic E-state index is 15.0. The number of sulfone groups is 1. The molecular weight excluding hydrogens is 437 g/mol. The van der Waals surface area contributed by atoms with E-state index in [-0.39, 0.29) is 28.9 Å². The molecular formula is C21H26FN5O4S. The molecule has 2 N–H and O–H groups in total. The third-order valence-electron chi connectivity index (χ3n) is 6.00. The van der Waals surface area contributed by atoms with Crippen molar-refractivity contribution in [1.82, 2.24) is 15.3 Å². The summed E-state index contributed by atoms with van der Waals surface area (Å²) in [5.74, 6) is -0.182. The summed E-state index contributed by atoms with van der Waals surface area (Å²) in [5.41, 5.74) is 1.35. The van der Waals surface area contributed by atoms with Crippen LogP contribution in [0.4, 0.5) is 20.7 Å². The summed E-state index contributed by atoms with van der Waals surface area (Å²) in [5, 5.41) is 4.92. The molecule has 11 heteroatoms. The highest BCUT2D eigenvalue weighted by Crippen LogP contribution is 2.45. The van der Waals surface area contributed by atoms with E-state index in [0.29, 0.717) is 36.8 Å². The smallest absolute Gasteiger partial charge is 0.318 e. The molecule has 32 heavy (non-hydrogen) atoms. The number of hydrogen-bond donors (Lipinski definition) is 2. The van der Waals surface area contributed by atoms with Crippen molar-refractivity contribution >= 4 is 27.4 Å². The molecule has 1 aromatic carbocycles. The van der Waals surface area contributed by atoms with Crippen molar-refractivity contribution in [1.29, 1.82) is 0 Å². The predicted molar refractivity (Wildman–Crippen MR) is 119 cm³/mol. The fourth-order valence-corrected chi connectivity index (χ4v) is 5.46. The quantitative estimate of drug-likeness (QED) is 0.719. The van der Waals surface area contributed by atoms with Crippen LogP contribution in [0.1, 0.15) is 32.0 Å². The highest BCUT2D eigenvalue weighted by Gasteiger charge is 2.48. The van der Waals surface area contributed by atoms with Crippen LogP contribution < -0.4 is 15.5 Å². The van der Waals surface area contributed by atoms with Crippen LogP contribution in [0.2, 0.25) is 0 Å². The highest BCUT2D eigenvalue weighted by molar-refractivity contribution is 7.91. The number of carbonyl (C=O) groups is 1. The molecule has 1 atom stereocenters. The van der Waals surface area contributed by atoms with Gasteiger partial charge in [-0.3, -0.25) is 0 Å². The third kappa shape index (κ3) is 3.69. The van der Waals surface area contributed by atoms with Gasteiger partial charge in [0.1, 0.15) is 16.4 Å². The second kappa shape index (κ2) is 7.96. The Kier molecular flexibility index (Phi) is 5.58. The van der Waals surface area contributed by atoms with Crippen molar-refractivity contribution in [2.75, 3.05) is 37.0 Å². The molecule has 0 bridgehead atoms. The number of urea groups is 1. The van der Waals surface area contributed by atoms with Crippen LogP contribution in [-0.2, 0) is 25.1 Å². The van der Waals surface area contributed by atoms with Crippen molar-refractivity contribution in [3.05, 3.63) is 35.3 Å². The van der Waals surface area contributed by atoms with Gasteiger partial charge in [0, 0.05) is 24.8 Å². The maximum absolute atomic E-state index is 15.0. The highest BCUT2D eigenvalue weighted by atomic mass is 32.2. The molecule has 3 heterocycles. The van der Waals surface area contributed by atoms with Crippen LogP contribution in [-0.4, -0.2) is 57.3 Å². The molecule has 172 valence electrons. The summed E-state index contributed by atoms with van der Waals surface area (Å²) < 4.78 is 45.2. The van der Waals surface area contributed by atoms with Gasteiger partial charge in [0.2, 0.25) is 0 Å². The SMILES string of the molecule is CNC(=O)Nc1ccc(-c2nc(N3CCOCC3C)c3c(n2)C(C)(C)S(=O)(=O)C3)c(F)c1. The maximum Gasteiger partial charge on any atom is 0.318 e. The Morgan fingerprint density at radius 3 is 2.72 bits per heavy atom. The molecule has 1 unspecified atom stereocenters. The van der Waals surface area contributed by atoms with Gasteiger partial charge in [0.05, 0.1) is 36.3 Å². The lowest BCUT2D eigenvalue weighted by Crippen LogP contribution is -2.44. The van der Waals surface area contributed by atoms with E-state index in [1.54, 1.807) is 19.9 Å². The number of nitrogens with zero attached hydrogens (tertiary/aromatic N) is 3. The second-order valence-corrected chi connectivity index (χ2v) is 11.0. The Morgan fingerprint density at radius 2 is 2.06 bits per heavy atom. The first-order chi connectivity index (χ1) is 15.0. The largest absolute Gasteiger partial charge is 0.377 e. The van der Waals surface area contributed by atoms with Gasteiger partial charge in [-0.05, 0) is 39.0 Å². The molecule has 4 rings (SSSR count). The normalized spacial score (nSPS) is 21.2. The number of halogens is 1. The Morgan fingerprint density at radius 1 is 1.31 bits per heavy atom. The number of ether oxygens (including phenoxy) is 1. The lowest BCUT2D eigenvalue weighted by molar-refractivity contribution is 0.0984. The van der Waals surface area contributed by atoms with E-state index >= 15 is 4.39 Å². The van der Waals surface area contributed by atoms with Crippen molar-refractivity contribution in [3.63, 3.8) is 0 Å². The van der Waals surface area contributed by atoms with E-state index in [9.17, 15) is 13.2 Å². The van der Waals surface area contributed by atoms with Gasteiger partial charge in [0.15, 0.2) is 15.7 Å². The van der Waals surface area contributed by atoms with E-state index in [0.717, 1.165) is 0 Å². The van der Waals surface area contributed by atoms with Crippen LogP contribution >= 0.6 is 0 Å². The molecule has 0 aliphatic carbocycles. The standard InChI is InChI=1S/C21H26FN5O4S/c1-12-10-31-8-7-27(12)19-15-11-32(29,30)21(2,3)17(15)25-18(26-19)14-6-5-13(9-16(14)22)24-20(28)23-4/h5-6,9,12H,7-8,10-11H2,1-4H3,(H2,23,24,28). The summed E-state index contributed by atoms with van der Waals surface area (Å²) in [6, 6.07) is 3.71. The van der Waals surface area contributed by atoms with Gasteiger partial charge < -0.3 is 20.3 Å². The van der Waals surface area contributed by atoms with Gasteiger partial charge in [-0.15, -0.1) is 0 Å². The van der Waals surface area contributed by atoms with Crippen molar-refractivity contribution in [2.24, 2.45) is 0 Å². The van der Waals surface area contributed by atoms with Gasteiger partial charge in [0.25, 0.3) is 0 Å². The fraction of sp³-hybridized carbons (Fsp3) is 0.476. The molecule has 1 fully saturated rings. The number of carbonyl (C=O) groups excluding carboxylic acids is 1. The number of anilines is 2. The summed E-state index contributed by atoms with van der Waals surface area (Å²) >= 11 is 0. The number of fused-ring (bicyclic) bond motifs is 1. The second-order valence-electron chi connectivity index (χ2n) is 8.48. The Hall–Kier alpha value is -2.79. The first-order valence-corrected chi connectivity index (χ1v) is 12.0. The van der Waals surface area contributed by atoms with Crippen LogP contribution in [0.15, 0.2) is 18.2 Å². The molecule has 2 aliphatic heterocycles. The van der Waals surface area contributed by atoms with E-state index in [1.165, 1.54) is 19.2 Å². The zero-order valence-corrected chi connectivity index (χ0v) is 19.2. The molecule has 1 saturated heterocycles. The number of benzene rings is 1. The summed E-state index contributed by atoms with van der Waals surface area (Å²) in [6.07, 6.45) is 0. The molecule has 2 aromatic rings. The van der Waals surface area contributed by atoms with E-state index in [2.05, 4.69) is 20.6 Å². The van der Waals surface area contributed by atoms with Gasteiger partial charge in [-0.25, -0.2) is 27.6 Å². The van der Waals surface area contributed by atoms with E-state index in [4.69, 9.17) is 4.74 Å². The average Bonchev–Trinajstić information content (AvgIpc) is 2.92. The number of morpholine rings is 1. The first-order valence-electron chi connectivity index (χ1n) is 10.3. The van der Waals surface area contributed by atoms with E-state index < -0.39 is 26.4 Å². The number of rotatable bonds is 3. The van der Waals surface area contributed by atoms with Gasteiger partial charge in [-0.2, -0.15) is 0 Å². The first kappa shape index (κ1) is 22.4. The molecule has 0 spiro atoms. The lowest BCUT2D eigenvalue weighted by atomic mass is 10.0. The number of aromatic nitrogens is 2. The minimum atomic E-state index is -3.50. The number of nitrogens with one attached hydrogen (secondary N) is 2. The van der Waals surface area contributed by atoms with Crippen molar-refractivity contribution in [3.8, 4) is 11.4 Å². The van der Waals surface area contributed by atoms with Crippen LogP contribution in [0.5, 0.6) is 0 Å². The number of hydrogen-bond acceptors (Lipinski definition) is 7. The lowest BCUT2D eigenvalue weighted by Gasteiger charge is -2.35. The van der Waals surface area contributed by atoms with Crippen LogP contribution in [0.25, 0.3) is 11.4 Å². The Labute approximate surface area is 186 Å². The summed E-state index contributed by atoms with van der Waals surface area (Å²) in [7, 11) is -2.04. The van der Waals surface area contributed by atoms with Crippen LogP contribution in [0, 0.1) is 5.82 Å². The van der Waals surface area contributed by atoms with Gasteiger partial charge >= 0.3 is 6.03 Å². The molecule has 2 amide bonds. The van der Waals surface area contributed by atoms with Crippen molar-refractivity contribution in [2.45, 2.75) is 37.3 Å². The minimum Gasteiger partial charge on any atom is -0.377 e. The average molecular weight is 464 g/mol. The van der Waals surface area contributed by atoms with Crippen LogP contribution in [0.3, 0.4) is 0 Å². The molecule has 0 saturated carbocycles. The number of amides is 2. The van der Waals surface area contributed by atoms with Crippen molar-refractivity contribution < 1.29 is 22.3 Å². The summed E-state index contributed by atoms with van der Waals surface area (Å²) in [6.45, 7) is 6.72. The topological polar surface area (TPSA) is 114 Å². The summed E-state index contributed by atoms with van der Waals surface area (Å²) in [4.78, 5) is 22.7. The fourth-order valence-electron chi connectivity index (χ4n) is 3.99. The third-order valence-corrected chi connectivity index (χ3v) is 8.42. The monoisotopic (exact) mass is 463 g/mol. The minimum absolute atomic E-state index is 0.0222. The Bertz CT molecular complexity index is 1180. The van der Waals surface area contributed by atoms with Gasteiger partial charge in [-0.1, -0.05) is 0 Å². The Balaban J connectivity index is 1.86. The zero-order chi connectivity index (χ0) is 23.3. The molecule has 2 aliphatic rings.